The molecule has 1 aromatic heterocycles. The van der Waals surface area contributed by atoms with Gasteiger partial charge in [0, 0.05) is 6.07 Å². The molecule has 1 rings (SSSR count). The van der Waals surface area contributed by atoms with Gasteiger partial charge in [0.05, 0.1) is 12.1 Å². The minimum atomic E-state index is -0.968. The van der Waals surface area contributed by atoms with Gasteiger partial charge in [-0.3, -0.25) is 4.79 Å². The minimum Gasteiger partial charge on any atom is -0.492 e. The van der Waals surface area contributed by atoms with Crippen molar-refractivity contribution in [3.05, 3.63) is 17.8 Å². The van der Waals surface area contributed by atoms with E-state index in [1.165, 1.54) is 12.1 Å². The van der Waals surface area contributed by atoms with Gasteiger partial charge in [0.25, 0.3) is 0 Å². The average molecular weight is 154 g/mol. The Balaban J connectivity index is 2.74. The molecule has 1 aromatic rings. The number of aromatic nitrogens is 2. The Bertz CT molecular complexity index is 257. The zero-order chi connectivity index (χ0) is 8.27. The number of carboxylic acids is 1. The molecule has 2 N–H and O–H groups in total. The molecule has 0 atom stereocenters. The van der Waals surface area contributed by atoms with Crippen molar-refractivity contribution in [1.82, 2.24) is 10.2 Å². The van der Waals surface area contributed by atoms with Gasteiger partial charge in [-0.25, -0.2) is 0 Å². The van der Waals surface area contributed by atoms with Crippen molar-refractivity contribution in [3.8, 4) is 5.88 Å². The summed E-state index contributed by atoms with van der Waals surface area (Å²) in [6.07, 6.45) is -0.173. The summed E-state index contributed by atoms with van der Waals surface area (Å²) in [4.78, 5) is 10.1. The number of rotatable bonds is 2. The summed E-state index contributed by atoms with van der Waals surface area (Å²) < 4.78 is 0. The molecule has 1 heterocycles. The standard InChI is InChI=1S/C6H6N2O3/c9-5-2-1-4(7-8-5)3-6(10)11/h1-2H,3H2,(H,8,9)(H,10,11). The van der Waals surface area contributed by atoms with Gasteiger partial charge in [0.1, 0.15) is 0 Å². The summed E-state index contributed by atoms with van der Waals surface area (Å²) >= 11 is 0. The molecule has 0 fully saturated rings. The Kier molecular flexibility index (Phi) is 2.00. The fourth-order valence-corrected chi connectivity index (χ4v) is 0.602. The largest absolute Gasteiger partial charge is 0.492 e. The van der Waals surface area contributed by atoms with Crippen LogP contribution in [-0.2, 0) is 11.2 Å². The maximum atomic E-state index is 10.1. The van der Waals surface area contributed by atoms with Crippen LogP contribution in [0.1, 0.15) is 5.69 Å². The highest BCUT2D eigenvalue weighted by molar-refractivity contribution is 5.69. The number of hydrogen-bond donors (Lipinski definition) is 2. The van der Waals surface area contributed by atoms with Crippen LogP contribution in [0.15, 0.2) is 12.1 Å². The first-order valence-electron chi connectivity index (χ1n) is 2.92. The van der Waals surface area contributed by atoms with Crippen molar-refractivity contribution in [2.24, 2.45) is 0 Å². The molecule has 0 unspecified atom stereocenters. The molecule has 0 aliphatic carbocycles. The van der Waals surface area contributed by atoms with E-state index < -0.39 is 5.97 Å². The normalized spacial score (nSPS) is 9.45. The Morgan fingerprint density at radius 2 is 2.18 bits per heavy atom. The first-order chi connectivity index (χ1) is 5.18. The van der Waals surface area contributed by atoms with E-state index in [1.54, 1.807) is 0 Å². The Morgan fingerprint density at radius 3 is 2.64 bits per heavy atom. The molecule has 0 aromatic carbocycles. The summed E-state index contributed by atoms with van der Waals surface area (Å²) in [5.41, 5.74) is 0.329. The Morgan fingerprint density at radius 1 is 1.45 bits per heavy atom. The zero-order valence-electron chi connectivity index (χ0n) is 5.56. The van der Waals surface area contributed by atoms with E-state index in [2.05, 4.69) is 10.2 Å². The van der Waals surface area contributed by atoms with Crippen LogP contribution in [-0.4, -0.2) is 26.4 Å². The Labute approximate surface area is 62.3 Å². The van der Waals surface area contributed by atoms with Gasteiger partial charge in [0.15, 0.2) is 0 Å². The average Bonchev–Trinajstić information content (AvgIpc) is 1.93. The molecule has 0 amide bonds. The third-order valence-corrected chi connectivity index (χ3v) is 1.04. The van der Waals surface area contributed by atoms with Crippen LogP contribution < -0.4 is 0 Å². The molecule has 0 radical (unpaired) electrons. The number of carbonyl (C=O) groups is 1. The minimum absolute atomic E-state index is 0.173. The van der Waals surface area contributed by atoms with Gasteiger partial charge < -0.3 is 10.2 Å². The van der Waals surface area contributed by atoms with Crippen molar-refractivity contribution >= 4 is 5.97 Å². The first-order valence-corrected chi connectivity index (χ1v) is 2.92. The van der Waals surface area contributed by atoms with E-state index in [0.29, 0.717) is 5.69 Å². The van der Waals surface area contributed by atoms with Crippen molar-refractivity contribution < 1.29 is 15.0 Å². The molecule has 5 nitrogen and oxygen atoms in total. The van der Waals surface area contributed by atoms with Gasteiger partial charge in [-0.05, 0) is 6.07 Å². The van der Waals surface area contributed by atoms with Gasteiger partial charge in [0.2, 0.25) is 5.88 Å². The van der Waals surface area contributed by atoms with Crippen molar-refractivity contribution in [1.29, 1.82) is 0 Å². The molecule has 0 spiro atoms. The highest BCUT2D eigenvalue weighted by atomic mass is 16.4. The Hall–Kier alpha value is -1.65. The molecule has 58 valence electrons. The maximum absolute atomic E-state index is 10.1. The van der Waals surface area contributed by atoms with Crippen molar-refractivity contribution in [2.75, 3.05) is 0 Å². The van der Waals surface area contributed by atoms with Crippen LogP contribution in [0.3, 0.4) is 0 Å². The zero-order valence-corrected chi connectivity index (χ0v) is 5.56. The number of aliphatic carboxylic acids is 1. The predicted molar refractivity (Wildman–Crippen MR) is 35.0 cm³/mol. The van der Waals surface area contributed by atoms with Gasteiger partial charge in [-0.15, -0.1) is 5.10 Å². The van der Waals surface area contributed by atoms with Crippen LogP contribution in [0.25, 0.3) is 0 Å². The summed E-state index contributed by atoms with van der Waals surface area (Å²) in [6.45, 7) is 0. The van der Waals surface area contributed by atoms with E-state index in [9.17, 15) is 4.79 Å². The quantitative estimate of drug-likeness (QED) is 0.616. The van der Waals surface area contributed by atoms with E-state index in [0.717, 1.165) is 0 Å². The molecule has 0 aliphatic rings. The summed E-state index contributed by atoms with van der Waals surface area (Å²) in [6, 6.07) is 2.71. The van der Waals surface area contributed by atoms with Crippen molar-refractivity contribution in [2.45, 2.75) is 6.42 Å². The smallest absolute Gasteiger partial charge is 0.309 e. The molecule has 0 saturated heterocycles. The highest BCUT2D eigenvalue weighted by Gasteiger charge is 2.01. The fourth-order valence-electron chi connectivity index (χ4n) is 0.602. The predicted octanol–water partition coefficient (Wildman–Crippen LogP) is -0.191. The third-order valence-electron chi connectivity index (χ3n) is 1.04. The van der Waals surface area contributed by atoms with E-state index >= 15 is 0 Å². The van der Waals surface area contributed by atoms with Crippen molar-refractivity contribution in [3.63, 3.8) is 0 Å². The lowest BCUT2D eigenvalue weighted by Gasteiger charge is -1.93. The number of aromatic hydroxyl groups is 1. The molecule has 5 heteroatoms. The molecular weight excluding hydrogens is 148 g/mol. The van der Waals surface area contributed by atoms with Gasteiger partial charge in [-0.2, -0.15) is 5.10 Å². The fraction of sp³-hybridized carbons (Fsp3) is 0.167. The van der Waals surface area contributed by atoms with Crippen LogP contribution in [0, 0.1) is 0 Å². The topological polar surface area (TPSA) is 83.3 Å². The highest BCUT2D eigenvalue weighted by Crippen LogP contribution is 2.01. The summed E-state index contributed by atoms with van der Waals surface area (Å²) in [7, 11) is 0. The SMILES string of the molecule is O=C(O)Cc1ccc(O)nn1. The lowest BCUT2D eigenvalue weighted by molar-refractivity contribution is -0.136. The number of carboxylic acid groups (broad SMARTS) is 1. The second-order valence-electron chi connectivity index (χ2n) is 1.95. The third kappa shape index (κ3) is 2.21. The second kappa shape index (κ2) is 2.96. The molecule has 0 bridgehead atoms. The maximum Gasteiger partial charge on any atom is 0.309 e. The molecule has 0 saturated carbocycles. The summed E-state index contributed by atoms with van der Waals surface area (Å²) in [5, 5.41) is 23.7. The lowest BCUT2D eigenvalue weighted by atomic mass is 10.3. The monoisotopic (exact) mass is 154 g/mol. The van der Waals surface area contributed by atoms with Crippen LogP contribution >= 0.6 is 0 Å². The first kappa shape index (κ1) is 7.46. The van der Waals surface area contributed by atoms with E-state index in [4.69, 9.17) is 10.2 Å². The van der Waals surface area contributed by atoms with Gasteiger partial charge >= 0.3 is 5.97 Å². The lowest BCUT2D eigenvalue weighted by Crippen LogP contribution is -2.02. The number of nitrogens with zero attached hydrogens (tertiary/aromatic N) is 2. The van der Waals surface area contributed by atoms with E-state index in [1.807, 2.05) is 0 Å². The van der Waals surface area contributed by atoms with Crippen LogP contribution in [0.4, 0.5) is 0 Å². The molecule has 11 heavy (non-hydrogen) atoms. The van der Waals surface area contributed by atoms with Crippen LogP contribution in [0.5, 0.6) is 5.88 Å². The van der Waals surface area contributed by atoms with Crippen LogP contribution in [0.2, 0.25) is 0 Å². The summed E-state index contributed by atoms with van der Waals surface area (Å²) in [5.74, 6) is -1.18. The second-order valence-corrected chi connectivity index (χ2v) is 1.95. The molecule has 0 aliphatic heterocycles. The van der Waals surface area contributed by atoms with E-state index in [-0.39, 0.29) is 12.3 Å². The number of hydrogen-bond acceptors (Lipinski definition) is 4. The molecular formula is C6H6N2O3. The van der Waals surface area contributed by atoms with Gasteiger partial charge in [-0.1, -0.05) is 0 Å².